The Bertz CT molecular complexity index is 919. The van der Waals surface area contributed by atoms with Crippen LogP contribution < -0.4 is 10.1 Å². The van der Waals surface area contributed by atoms with E-state index >= 15 is 0 Å². The average Bonchev–Trinajstić information content (AvgIpc) is 3.01. The summed E-state index contributed by atoms with van der Waals surface area (Å²) < 4.78 is 32.9. The Morgan fingerprint density at radius 3 is 2.42 bits per heavy atom. The molecule has 0 radical (unpaired) electrons. The molecule has 1 N–H and O–H groups in total. The van der Waals surface area contributed by atoms with E-state index in [0.717, 1.165) is 22.6 Å². The summed E-state index contributed by atoms with van der Waals surface area (Å²) in [4.78, 5) is 16.9. The maximum absolute atomic E-state index is 13.9. The molecule has 0 atom stereocenters. The van der Waals surface area contributed by atoms with Crippen molar-refractivity contribution < 1.29 is 18.3 Å². The summed E-state index contributed by atoms with van der Waals surface area (Å²) in [5.41, 5.74) is 1.12. The van der Waals surface area contributed by atoms with Crippen LogP contribution in [0.1, 0.15) is 20.9 Å². The lowest BCUT2D eigenvalue weighted by Gasteiger charge is -2.05. The van der Waals surface area contributed by atoms with Crippen molar-refractivity contribution >= 4 is 17.2 Å². The molecular weight excluding hydrogens is 358 g/mol. The lowest BCUT2D eigenvalue weighted by atomic mass is 10.2. The molecule has 3 rings (SSSR count). The topological polar surface area (TPSA) is 51.2 Å². The summed E-state index contributed by atoms with van der Waals surface area (Å²) >= 11 is 0.967. The largest absolute Gasteiger partial charge is 0.497 e. The second-order valence-electron chi connectivity index (χ2n) is 5.56. The summed E-state index contributed by atoms with van der Waals surface area (Å²) in [5.74, 6) is -1.01. The van der Waals surface area contributed by atoms with Gasteiger partial charge in [0.15, 0.2) is 0 Å². The van der Waals surface area contributed by atoms with Crippen LogP contribution in [0.3, 0.4) is 0 Å². The van der Waals surface area contributed by atoms with E-state index in [-0.39, 0.29) is 16.5 Å². The Morgan fingerprint density at radius 1 is 1.15 bits per heavy atom. The van der Waals surface area contributed by atoms with Crippen LogP contribution in [0.4, 0.5) is 8.78 Å². The number of methoxy groups -OCH3 is 1. The smallest absolute Gasteiger partial charge is 0.263 e. The molecule has 0 aliphatic heterocycles. The molecule has 0 aliphatic rings. The highest BCUT2D eigenvalue weighted by Crippen LogP contribution is 2.31. The Balaban J connectivity index is 1.77. The van der Waals surface area contributed by atoms with Gasteiger partial charge in [-0.05, 0) is 36.8 Å². The Hall–Kier alpha value is -2.80. The molecule has 0 saturated carbocycles. The molecule has 0 bridgehead atoms. The van der Waals surface area contributed by atoms with E-state index in [2.05, 4.69) is 10.3 Å². The lowest BCUT2D eigenvalue weighted by molar-refractivity contribution is 0.0954. The first kappa shape index (κ1) is 18.0. The van der Waals surface area contributed by atoms with E-state index in [1.165, 1.54) is 18.2 Å². The quantitative estimate of drug-likeness (QED) is 0.723. The van der Waals surface area contributed by atoms with Gasteiger partial charge in [-0.1, -0.05) is 18.2 Å². The van der Waals surface area contributed by atoms with Crippen molar-refractivity contribution in [1.29, 1.82) is 0 Å². The van der Waals surface area contributed by atoms with Crippen LogP contribution in [-0.2, 0) is 6.54 Å². The van der Waals surface area contributed by atoms with Gasteiger partial charge in [-0.3, -0.25) is 4.79 Å². The van der Waals surface area contributed by atoms with Gasteiger partial charge >= 0.3 is 0 Å². The zero-order chi connectivity index (χ0) is 18.7. The molecule has 0 spiro atoms. The summed E-state index contributed by atoms with van der Waals surface area (Å²) in [6, 6.07) is 10.9. The van der Waals surface area contributed by atoms with Crippen molar-refractivity contribution in [1.82, 2.24) is 10.3 Å². The van der Waals surface area contributed by atoms with Crippen molar-refractivity contribution in [2.75, 3.05) is 7.11 Å². The maximum atomic E-state index is 13.9. The van der Waals surface area contributed by atoms with Crippen molar-refractivity contribution in [3.05, 3.63) is 70.2 Å². The molecule has 0 unspecified atom stereocenters. The minimum Gasteiger partial charge on any atom is -0.497 e. The molecule has 2 aromatic carbocycles. The highest BCUT2D eigenvalue weighted by Gasteiger charge is 2.20. The number of nitrogens with zero attached hydrogens (tertiary/aromatic N) is 1. The van der Waals surface area contributed by atoms with Crippen molar-refractivity contribution in [3.63, 3.8) is 0 Å². The fourth-order valence-electron chi connectivity index (χ4n) is 2.42. The van der Waals surface area contributed by atoms with Crippen LogP contribution in [0.2, 0.25) is 0 Å². The highest BCUT2D eigenvalue weighted by atomic mass is 32.1. The third kappa shape index (κ3) is 3.72. The molecule has 1 aromatic heterocycles. The van der Waals surface area contributed by atoms with E-state index in [0.29, 0.717) is 17.1 Å². The fourth-order valence-corrected chi connectivity index (χ4v) is 3.45. The average molecular weight is 374 g/mol. The number of rotatable bonds is 5. The van der Waals surface area contributed by atoms with Gasteiger partial charge < -0.3 is 10.1 Å². The first-order chi connectivity index (χ1) is 12.5. The van der Waals surface area contributed by atoms with E-state index in [9.17, 15) is 13.6 Å². The molecule has 7 heteroatoms. The molecular formula is C19H16F2N2O2S. The first-order valence-electron chi connectivity index (χ1n) is 7.82. The maximum Gasteiger partial charge on any atom is 0.263 e. The van der Waals surface area contributed by atoms with Crippen LogP contribution in [-0.4, -0.2) is 18.0 Å². The van der Waals surface area contributed by atoms with Gasteiger partial charge in [0.1, 0.15) is 27.3 Å². The van der Waals surface area contributed by atoms with Gasteiger partial charge in [-0.2, -0.15) is 0 Å². The van der Waals surface area contributed by atoms with Gasteiger partial charge in [0, 0.05) is 6.54 Å². The minimum atomic E-state index is -0.705. The number of aryl methyl sites for hydroxylation is 1. The minimum absolute atomic E-state index is 0.146. The van der Waals surface area contributed by atoms with Gasteiger partial charge in [-0.25, -0.2) is 13.8 Å². The Morgan fingerprint density at radius 2 is 1.81 bits per heavy atom. The van der Waals surface area contributed by atoms with Gasteiger partial charge in [0.2, 0.25) is 0 Å². The predicted octanol–water partition coefficient (Wildman–Crippen LogP) is 4.34. The normalized spacial score (nSPS) is 10.6. The number of benzene rings is 2. The molecule has 1 heterocycles. The zero-order valence-corrected chi connectivity index (χ0v) is 15.0. The number of nitrogens with one attached hydrogen (secondary N) is 1. The standard InChI is InChI=1S/C19H16F2N2O2S/c1-11-17(18(24)22-10-12-6-8-13(25-2)9-7-12)26-19(23-11)16-14(20)4-3-5-15(16)21/h3-9H,10H2,1-2H3,(H,22,24). The van der Waals surface area contributed by atoms with E-state index < -0.39 is 11.6 Å². The number of hydrogen-bond donors (Lipinski definition) is 1. The zero-order valence-electron chi connectivity index (χ0n) is 14.2. The molecule has 0 aliphatic carbocycles. The Labute approximate surface area is 153 Å². The van der Waals surface area contributed by atoms with Crippen LogP contribution in [0.25, 0.3) is 10.6 Å². The lowest BCUT2D eigenvalue weighted by Crippen LogP contribution is -2.22. The molecule has 134 valence electrons. The number of ether oxygens (including phenoxy) is 1. The number of carbonyl (C=O) groups excluding carboxylic acids is 1. The summed E-state index contributed by atoms with van der Waals surface area (Å²) in [6.45, 7) is 1.96. The number of amides is 1. The number of halogens is 2. The predicted molar refractivity (Wildman–Crippen MR) is 96.4 cm³/mol. The molecule has 0 fully saturated rings. The highest BCUT2D eigenvalue weighted by molar-refractivity contribution is 7.17. The van der Waals surface area contributed by atoms with Crippen molar-refractivity contribution in [2.45, 2.75) is 13.5 Å². The molecule has 1 amide bonds. The van der Waals surface area contributed by atoms with Crippen LogP contribution >= 0.6 is 11.3 Å². The Kier molecular flexibility index (Phi) is 5.27. The first-order valence-corrected chi connectivity index (χ1v) is 8.64. The van der Waals surface area contributed by atoms with Gasteiger partial charge in [0.05, 0.1) is 18.4 Å². The molecule has 4 nitrogen and oxygen atoms in total. The monoisotopic (exact) mass is 374 g/mol. The fraction of sp³-hybridized carbons (Fsp3) is 0.158. The number of aromatic nitrogens is 1. The molecule has 0 saturated heterocycles. The van der Waals surface area contributed by atoms with Crippen LogP contribution in [0.15, 0.2) is 42.5 Å². The summed E-state index contributed by atoms with van der Waals surface area (Å²) in [5, 5.41) is 2.94. The number of carbonyl (C=O) groups is 1. The van der Waals surface area contributed by atoms with Crippen molar-refractivity contribution in [3.8, 4) is 16.3 Å². The third-order valence-corrected chi connectivity index (χ3v) is 4.97. The molecule has 26 heavy (non-hydrogen) atoms. The SMILES string of the molecule is COc1ccc(CNC(=O)c2sc(-c3c(F)cccc3F)nc2C)cc1. The van der Waals surface area contributed by atoms with Gasteiger partial charge in [0.25, 0.3) is 5.91 Å². The van der Waals surface area contributed by atoms with Gasteiger partial charge in [-0.15, -0.1) is 11.3 Å². The van der Waals surface area contributed by atoms with E-state index in [1.54, 1.807) is 26.2 Å². The van der Waals surface area contributed by atoms with Crippen LogP contribution in [0, 0.1) is 18.6 Å². The molecule has 3 aromatic rings. The van der Waals surface area contributed by atoms with Crippen LogP contribution in [0.5, 0.6) is 5.75 Å². The second-order valence-corrected chi connectivity index (χ2v) is 6.56. The van der Waals surface area contributed by atoms with Crippen molar-refractivity contribution in [2.24, 2.45) is 0 Å². The number of thiazole rings is 1. The third-order valence-electron chi connectivity index (χ3n) is 3.79. The van der Waals surface area contributed by atoms with E-state index in [1.807, 2.05) is 12.1 Å². The summed E-state index contributed by atoms with van der Waals surface area (Å²) in [7, 11) is 1.58. The van der Waals surface area contributed by atoms with E-state index in [4.69, 9.17) is 4.74 Å². The number of hydrogen-bond acceptors (Lipinski definition) is 4. The second kappa shape index (κ2) is 7.61. The summed E-state index contributed by atoms with van der Waals surface area (Å²) in [6.07, 6.45) is 0.